The molecule has 1 unspecified atom stereocenters. The number of aliphatic imine (C=N–C) groups is 1. The number of hydrogen-bond donors (Lipinski definition) is 1. The molecule has 0 amide bonds. The number of guanidine groups is 1. The minimum Gasteiger partial charge on any atom is -0.381 e. The van der Waals surface area contributed by atoms with E-state index in [0.717, 1.165) is 90.3 Å². The lowest BCUT2D eigenvalue weighted by Gasteiger charge is -2.34. The third kappa shape index (κ3) is 6.31. The summed E-state index contributed by atoms with van der Waals surface area (Å²) in [6.07, 6.45) is 5.86. The van der Waals surface area contributed by atoms with Crippen molar-refractivity contribution >= 4 is 11.9 Å². The van der Waals surface area contributed by atoms with Crippen LogP contribution in [-0.4, -0.2) is 98.3 Å². The summed E-state index contributed by atoms with van der Waals surface area (Å²) in [5.41, 5.74) is 0. The van der Waals surface area contributed by atoms with Crippen LogP contribution in [-0.2, 0) is 4.74 Å². The van der Waals surface area contributed by atoms with Gasteiger partial charge in [-0.3, -0.25) is 9.89 Å². The summed E-state index contributed by atoms with van der Waals surface area (Å²) in [6.45, 7) is 11.8. The second-order valence-corrected chi connectivity index (χ2v) is 7.58. The maximum absolute atomic E-state index is 5.50. The van der Waals surface area contributed by atoms with Crippen LogP contribution in [0.1, 0.15) is 19.8 Å². The molecular formula is C20H35N7O. The van der Waals surface area contributed by atoms with E-state index >= 15 is 0 Å². The van der Waals surface area contributed by atoms with Gasteiger partial charge in [0.25, 0.3) is 0 Å². The summed E-state index contributed by atoms with van der Waals surface area (Å²) in [4.78, 5) is 20.6. The molecule has 1 aromatic rings. The minimum absolute atomic E-state index is 0.624. The third-order valence-electron chi connectivity index (χ3n) is 5.35. The van der Waals surface area contributed by atoms with Gasteiger partial charge in [-0.05, 0) is 25.8 Å². The van der Waals surface area contributed by atoms with Crippen LogP contribution in [0, 0.1) is 5.92 Å². The lowest BCUT2D eigenvalue weighted by atomic mass is 10.1. The molecule has 0 radical (unpaired) electrons. The number of piperazine rings is 1. The number of ether oxygens (including phenoxy) is 1. The number of hydrogen-bond acceptors (Lipinski definition) is 6. The molecule has 1 N–H and O–H groups in total. The quantitative estimate of drug-likeness (QED) is 0.403. The summed E-state index contributed by atoms with van der Waals surface area (Å²) >= 11 is 0. The highest BCUT2D eigenvalue weighted by molar-refractivity contribution is 5.79. The van der Waals surface area contributed by atoms with Crippen molar-refractivity contribution in [3.8, 4) is 0 Å². The van der Waals surface area contributed by atoms with Crippen LogP contribution in [0.5, 0.6) is 0 Å². The zero-order valence-electron chi connectivity index (χ0n) is 17.4. The molecule has 3 heterocycles. The fourth-order valence-electron chi connectivity index (χ4n) is 3.78. The second-order valence-electron chi connectivity index (χ2n) is 7.58. The van der Waals surface area contributed by atoms with Gasteiger partial charge < -0.3 is 19.9 Å². The molecule has 0 aliphatic carbocycles. The van der Waals surface area contributed by atoms with Crippen LogP contribution in [0.25, 0.3) is 0 Å². The Hall–Kier alpha value is -1.93. The molecule has 2 saturated heterocycles. The summed E-state index contributed by atoms with van der Waals surface area (Å²) in [6, 6.07) is 1.86. The molecule has 1 aromatic heterocycles. The Morgan fingerprint density at radius 1 is 1.29 bits per heavy atom. The Morgan fingerprint density at radius 3 is 2.75 bits per heavy atom. The van der Waals surface area contributed by atoms with Crippen molar-refractivity contribution in [3.63, 3.8) is 0 Å². The number of rotatable bonds is 8. The molecule has 156 valence electrons. The zero-order valence-corrected chi connectivity index (χ0v) is 17.4. The van der Waals surface area contributed by atoms with Gasteiger partial charge in [-0.1, -0.05) is 0 Å². The van der Waals surface area contributed by atoms with Gasteiger partial charge in [-0.25, -0.2) is 9.97 Å². The third-order valence-corrected chi connectivity index (χ3v) is 5.35. The van der Waals surface area contributed by atoms with Crippen LogP contribution < -0.4 is 10.2 Å². The molecule has 8 nitrogen and oxygen atoms in total. The smallest absolute Gasteiger partial charge is 0.225 e. The van der Waals surface area contributed by atoms with E-state index in [1.165, 1.54) is 0 Å². The first kappa shape index (κ1) is 20.8. The topological polar surface area (TPSA) is 69.1 Å². The van der Waals surface area contributed by atoms with Crippen molar-refractivity contribution in [3.05, 3.63) is 18.5 Å². The number of nitrogens with zero attached hydrogens (tertiary/aromatic N) is 6. The van der Waals surface area contributed by atoms with Crippen LogP contribution in [0.4, 0.5) is 5.95 Å². The summed E-state index contributed by atoms with van der Waals surface area (Å²) in [5.74, 6) is 2.48. The number of nitrogens with one attached hydrogen (secondary N) is 1. The van der Waals surface area contributed by atoms with Gasteiger partial charge in [0.05, 0.1) is 6.61 Å². The van der Waals surface area contributed by atoms with E-state index in [4.69, 9.17) is 9.73 Å². The van der Waals surface area contributed by atoms with Crippen LogP contribution in [0.15, 0.2) is 23.5 Å². The van der Waals surface area contributed by atoms with Crippen LogP contribution in [0.2, 0.25) is 0 Å². The molecule has 8 heteroatoms. The lowest BCUT2D eigenvalue weighted by Crippen LogP contribution is -2.47. The maximum Gasteiger partial charge on any atom is 0.225 e. The second kappa shape index (κ2) is 11.2. The maximum atomic E-state index is 5.50. The van der Waals surface area contributed by atoms with E-state index < -0.39 is 0 Å². The highest BCUT2D eigenvalue weighted by Gasteiger charge is 2.20. The van der Waals surface area contributed by atoms with Crippen molar-refractivity contribution in [2.24, 2.45) is 10.9 Å². The fraction of sp³-hybridized carbons (Fsp3) is 0.750. The molecule has 2 aliphatic rings. The summed E-state index contributed by atoms with van der Waals surface area (Å²) < 4.78 is 5.50. The molecule has 3 rings (SSSR count). The first-order chi connectivity index (χ1) is 13.8. The zero-order chi connectivity index (χ0) is 19.6. The van der Waals surface area contributed by atoms with Crippen molar-refractivity contribution in [2.75, 3.05) is 77.5 Å². The standard InChI is InChI=1S/C20H35N7O/c1-3-21-19(25(2)16-18-6-15-28-17-18)22-9-5-10-26-11-13-27(14-12-26)20-23-7-4-8-24-20/h4,7-8,18H,3,5-6,9-17H2,1-2H3,(H,21,22). The summed E-state index contributed by atoms with van der Waals surface area (Å²) in [7, 11) is 2.13. The van der Waals surface area contributed by atoms with Crippen molar-refractivity contribution in [2.45, 2.75) is 19.8 Å². The molecule has 0 aromatic carbocycles. The van der Waals surface area contributed by atoms with Crippen LogP contribution in [0.3, 0.4) is 0 Å². The Kier molecular flexibility index (Phi) is 8.29. The van der Waals surface area contributed by atoms with Crippen molar-refractivity contribution < 1.29 is 4.74 Å². The summed E-state index contributed by atoms with van der Waals surface area (Å²) in [5, 5.41) is 3.42. The molecule has 2 fully saturated rings. The van der Waals surface area contributed by atoms with E-state index in [2.05, 4.69) is 44.0 Å². The van der Waals surface area contributed by atoms with E-state index in [1.54, 1.807) is 0 Å². The fourth-order valence-corrected chi connectivity index (χ4v) is 3.78. The average Bonchev–Trinajstić information content (AvgIpc) is 3.24. The Balaban J connectivity index is 1.37. The van der Waals surface area contributed by atoms with Crippen LogP contribution >= 0.6 is 0 Å². The molecule has 28 heavy (non-hydrogen) atoms. The van der Waals surface area contributed by atoms with E-state index in [0.29, 0.717) is 5.92 Å². The molecule has 1 atom stereocenters. The molecule has 0 bridgehead atoms. The minimum atomic E-state index is 0.624. The molecule has 0 spiro atoms. The number of anilines is 1. The van der Waals surface area contributed by atoms with Gasteiger partial charge in [0.15, 0.2) is 5.96 Å². The monoisotopic (exact) mass is 389 g/mol. The van der Waals surface area contributed by atoms with Gasteiger partial charge in [0.2, 0.25) is 5.95 Å². The largest absolute Gasteiger partial charge is 0.381 e. The molecular weight excluding hydrogens is 354 g/mol. The highest BCUT2D eigenvalue weighted by Crippen LogP contribution is 2.13. The first-order valence-corrected chi connectivity index (χ1v) is 10.6. The predicted octanol–water partition coefficient (Wildman–Crippen LogP) is 0.923. The van der Waals surface area contributed by atoms with E-state index in [1.807, 2.05) is 18.5 Å². The van der Waals surface area contributed by atoms with Crippen molar-refractivity contribution in [1.29, 1.82) is 0 Å². The van der Waals surface area contributed by atoms with E-state index in [9.17, 15) is 0 Å². The predicted molar refractivity (Wildman–Crippen MR) is 113 cm³/mol. The molecule has 0 saturated carbocycles. The highest BCUT2D eigenvalue weighted by atomic mass is 16.5. The normalized spacial score (nSPS) is 21.1. The first-order valence-electron chi connectivity index (χ1n) is 10.6. The average molecular weight is 390 g/mol. The number of aromatic nitrogens is 2. The van der Waals surface area contributed by atoms with Gasteiger partial charge in [-0.15, -0.1) is 0 Å². The van der Waals surface area contributed by atoms with Gasteiger partial charge in [0, 0.05) is 84.3 Å². The van der Waals surface area contributed by atoms with Gasteiger partial charge in [-0.2, -0.15) is 0 Å². The van der Waals surface area contributed by atoms with Gasteiger partial charge in [0.1, 0.15) is 0 Å². The Labute approximate surface area is 169 Å². The SMILES string of the molecule is CCNC(=NCCCN1CCN(c2ncccn2)CC1)N(C)CC1CCOC1. The molecule has 2 aliphatic heterocycles. The van der Waals surface area contributed by atoms with Gasteiger partial charge >= 0.3 is 0 Å². The lowest BCUT2D eigenvalue weighted by molar-refractivity contribution is 0.181. The van der Waals surface area contributed by atoms with E-state index in [-0.39, 0.29) is 0 Å². The Morgan fingerprint density at radius 2 is 2.07 bits per heavy atom. The van der Waals surface area contributed by atoms with Crippen molar-refractivity contribution in [1.82, 2.24) is 25.1 Å². The Bertz CT molecular complexity index is 583.